The first-order chi connectivity index (χ1) is 6.59. The lowest BCUT2D eigenvalue weighted by molar-refractivity contribution is -0.119. The highest BCUT2D eigenvalue weighted by atomic mass is 35.5. The highest BCUT2D eigenvalue weighted by Crippen LogP contribution is 2.35. The number of hydrogen-bond acceptors (Lipinski definition) is 2. The molecule has 0 spiro atoms. The number of nitrogen functional groups attached to an aromatic ring is 1. The van der Waals surface area contributed by atoms with Crippen molar-refractivity contribution in [1.82, 2.24) is 0 Å². The number of halogens is 1. The first kappa shape index (κ1) is 11.9. The third-order valence-electron chi connectivity index (χ3n) is 2.80. The number of amides is 1. The summed E-state index contributed by atoms with van der Waals surface area (Å²) in [4.78, 5) is 13.2. The van der Waals surface area contributed by atoms with E-state index in [-0.39, 0.29) is 24.2 Å². The van der Waals surface area contributed by atoms with E-state index in [9.17, 15) is 4.79 Å². The van der Waals surface area contributed by atoms with Gasteiger partial charge in [0.15, 0.2) is 0 Å². The van der Waals surface area contributed by atoms with Crippen LogP contribution in [0.15, 0.2) is 18.2 Å². The van der Waals surface area contributed by atoms with Crippen LogP contribution in [0.5, 0.6) is 0 Å². The molecule has 1 heterocycles. The minimum absolute atomic E-state index is 0. The molecule has 1 aliphatic heterocycles. The monoisotopic (exact) mass is 226 g/mol. The second-order valence-electron chi connectivity index (χ2n) is 3.88. The number of carbonyl (C=O) groups excluding carboxylic acids is 1. The summed E-state index contributed by atoms with van der Waals surface area (Å²) in [6, 6.07) is 5.71. The molecule has 3 nitrogen and oxygen atoms in total. The van der Waals surface area contributed by atoms with E-state index in [0.29, 0.717) is 6.42 Å². The summed E-state index contributed by atoms with van der Waals surface area (Å²) >= 11 is 0. The van der Waals surface area contributed by atoms with E-state index in [0.717, 1.165) is 11.4 Å². The lowest BCUT2D eigenvalue weighted by Crippen LogP contribution is -2.32. The van der Waals surface area contributed by atoms with Crippen molar-refractivity contribution in [3.63, 3.8) is 0 Å². The van der Waals surface area contributed by atoms with E-state index in [4.69, 9.17) is 5.73 Å². The molecule has 82 valence electrons. The fraction of sp³-hybridized carbons (Fsp3) is 0.364. The van der Waals surface area contributed by atoms with Crippen LogP contribution in [0.3, 0.4) is 0 Å². The molecule has 2 N–H and O–H groups in total. The van der Waals surface area contributed by atoms with Gasteiger partial charge in [-0.05, 0) is 29.7 Å². The van der Waals surface area contributed by atoms with Crippen LogP contribution in [0.2, 0.25) is 0 Å². The van der Waals surface area contributed by atoms with Crippen LogP contribution in [0.4, 0.5) is 11.4 Å². The summed E-state index contributed by atoms with van der Waals surface area (Å²) in [5, 5.41) is 0. The summed E-state index contributed by atoms with van der Waals surface area (Å²) in [7, 11) is 1.81. The molecule has 0 radical (unpaired) electrons. The van der Waals surface area contributed by atoms with Crippen molar-refractivity contribution < 1.29 is 4.79 Å². The maximum Gasteiger partial charge on any atom is 0.227 e. The molecule has 0 aromatic heterocycles. The normalized spacial score (nSPS) is 19.5. The Morgan fingerprint density at radius 3 is 2.80 bits per heavy atom. The first-order valence-electron chi connectivity index (χ1n) is 4.75. The Balaban J connectivity index is 0.00000112. The number of carbonyl (C=O) groups is 1. The van der Waals surface area contributed by atoms with E-state index < -0.39 is 0 Å². The van der Waals surface area contributed by atoms with Crippen LogP contribution in [-0.4, -0.2) is 13.0 Å². The number of hydrogen-bond donors (Lipinski definition) is 1. The lowest BCUT2D eigenvalue weighted by atomic mass is 9.91. The first-order valence-corrected chi connectivity index (χ1v) is 4.75. The van der Waals surface area contributed by atoms with Crippen molar-refractivity contribution in [2.75, 3.05) is 17.7 Å². The molecule has 1 aliphatic rings. The molecule has 1 atom stereocenters. The van der Waals surface area contributed by atoms with Gasteiger partial charge in [-0.2, -0.15) is 0 Å². The molecule has 0 fully saturated rings. The van der Waals surface area contributed by atoms with Crippen LogP contribution in [0.25, 0.3) is 0 Å². The number of benzene rings is 1. The topological polar surface area (TPSA) is 46.3 Å². The predicted octanol–water partition coefficient (Wildman–Crippen LogP) is 2.16. The Morgan fingerprint density at radius 1 is 1.47 bits per heavy atom. The van der Waals surface area contributed by atoms with Crippen LogP contribution in [-0.2, 0) is 4.79 Å². The standard InChI is InChI=1S/C11H14N2O.ClH/c1-7-5-11(14)13(2)10-4-3-8(12)6-9(7)10;/h3-4,6-7H,5,12H2,1-2H3;1H. The molecule has 15 heavy (non-hydrogen) atoms. The molecule has 2 rings (SSSR count). The predicted molar refractivity (Wildman–Crippen MR) is 64.5 cm³/mol. The van der Waals surface area contributed by atoms with Crippen LogP contribution >= 0.6 is 12.4 Å². The fourth-order valence-electron chi connectivity index (χ4n) is 1.92. The minimum Gasteiger partial charge on any atom is -0.399 e. The maximum atomic E-state index is 11.5. The van der Waals surface area contributed by atoms with Crippen molar-refractivity contribution in [1.29, 1.82) is 0 Å². The van der Waals surface area contributed by atoms with E-state index >= 15 is 0 Å². The van der Waals surface area contributed by atoms with Crippen LogP contribution in [0, 0.1) is 0 Å². The van der Waals surface area contributed by atoms with Crippen LogP contribution < -0.4 is 10.6 Å². The van der Waals surface area contributed by atoms with E-state index in [1.54, 1.807) is 4.90 Å². The quantitative estimate of drug-likeness (QED) is 0.690. The molecule has 1 unspecified atom stereocenters. The smallest absolute Gasteiger partial charge is 0.227 e. The minimum atomic E-state index is 0. The molecule has 0 saturated heterocycles. The highest BCUT2D eigenvalue weighted by Gasteiger charge is 2.25. The number of rotatable bonds is 0. The summed E-state index contributed by atoms with van der Waals surface area (Å²) in [5.74, 6) is 0.451. The third kappa shape index (κ3) is 1.92. The molecule has 0 saturated carbocycles. The summed E-state index contributed by atoms with van der Waals surface area (Å²) in [5.41, 5.74) is 8.65. The maximum absolute atomic E-state index is 11.5. The summed E-state index contributed by atoms with van der Waals surface area (Å²) in [6.07, 6.45) is 0.576. The van der Waals surface area contributed by atoms with Gasteiger partial charge in [0, 0.05) is 24.8 Å². The highest BCUT2D eigenvalue weighted by molar-refractivity contribution is 5.96. The largest absolute Gasteiger partial charge is 0.399 e. The zero-order valence-electron chi connectivity index (χ0n) is 8.86. The SMILES string of the molecule is CC1CC(=O)N(C)c2ccc(N)cc21.Cl. The Kier molecular flexibility index (Phi) is 3.25. The zero-order valence-corrected chi connectivity index (χ0v) is 9.67. The summed E-state index contributed by atoms with van der Waals surface area (Å²) < 4.78 is 0. The molecular formula is C11H15ClN2O. The fourth-order valence-corrected chi connectivity index (χ4v) is 1.92. The lowest BCUT2D eigenvalue weighted by Gasteiger charge is -2.29. The summed E-state index contributed by atoms with van der Waals surface area (Å²) in [6.45, 7) is 2.06. The number of fused-ring (bicyclic) bond motifs is 1. The van der Waals surface area contributed by atoms with Crippen molar-refractivity contribution >= 4 is 29.7 Å². The Morgan fingerprint density at radius 2 is 2.13 bits per heavy atom. The van der Waals surface area contributed by atoms with Gasteiger partial charge in [-0.3, -0.25) is 4.79 Å². The third-order valence-corrected chi connectivity index (χ3v) is 2.80. The van der Waals surface area contributed by atoms with Crippen molar-refractivity contribution in [2.24, 2.45) is 0 Å². The van der Waals surface area contributed by atoms with Gasteiger partial charge >= 0.3 is 0 Å². The Labute approximate surface area is 95.7 Å². The average Bonchev–Trinajstić information content (AvgIpc) is 2.14. The van der Waals surface area contributed by atoms with Crippen molar-refractivity contribution in [2.45, 2.75) is 19.3 Å². The second kappa shape index (κ2) is 4.11. The van der Waals surface area contributed by atoms with Gasteiger partial charge in [0.2, 0.25) is 5.91 Å². The van der Waals surface area contributed by atoms with Gasteiger partial charge < -0.3 is 10.6 Å². The van der Waals surface area contributed by atoms with Crippen LogP contribution in [0.1, 0.15) is 24.8 Å². The van der Waals surface area contributed by atoms with E-state index in [1.807, 2.05) is 25.2 Å². The van der Waals surface area contributed by atoms with Crippen molar-refractivity contribution in [3.8, 4) is 0 Å². The molecule has 1 amide bonds. The molecule has 0 bridgehead atoms. The van der Waals surface area contributed by atoms with Gasteiger partial charge in [-0.25, -0.2) is 0 Å². The number of anilines is 2. The molecular weight excluding hydrogens is 212 g/mol. The van der Waals surface area contributed by atoms with E-state index in [1.165, 1.54) is 5.56 Å². The number of nitrogens with two attached hydrogens (primary N) is 1. The van der Waals surface area contributed by atoms with Gasteiger partial charge in [0.05, 0.1) is 0 Å². The van der Waals surface area contributed by atoms with Gasteiger partial charge in [0.1, 0.15) is 0 Å². The molecule has 4 heteroatoms. The van der Waals surface area contributed by atoms with Crippen molar-refractivity contribution in [3.05, 3.63) is 23.8 Å². The molecule has 0 aliphatic carbocycles. The Bertz CT molecular complexity index is 392. The van der Waals surface area contributed by atoms with Gasteiger partial charge in [-0.15, -0.1) is 12.4 Å². The molecule has 1 aromatic rings. The second-order valence-corrected chi connectivity index (χ2v) is 3.88. The Hall–Kier alpha value is -1.22. The average molecular weight is 227 g/mol. The number of nitrogens with zero attached hydrogens (tertiary/aromatic N) is 1. The van der Waals surface area contributed by atoms with Gasteiger partial charge in [0.25, 0.3) is 0 Å². The molecule has 1 aromatic carbocycles. The zero-order chi connectivity index (χ0) is 10.3. The van der Waals surface area contributed by atoms with Gasteiger partial charge in [-0.1, -0.05) is 6.92 Å². The van der Waals surface area contributed by atoms with E-state index in [2.05, 4.69) is 6.92 Å².